The first-order valence-corrected chi connectivity index (χ1v) is 17.1. The van der Waals surface area contributed by atoms with Gasteiger partial charge in [-0.1, -0.05) is 36.4 Å². The molecular formula is C38H35F2N7O4. The fraction of sp³-hybridized carbons (Fsp3) is 0.289. The number of carbonyl (C=O) groups excluding carboxylic acids is 1. The minimum absolute atomic E-state index is 0.00572. The van der Waals surface area contributed by atoms with Gasteiger partial charge in [0.25, 0.3) is 11.5 Å². The molecule has 1 amide bonds. The lowest BCUT2D eigenvalue weighted by atomic mass is 9.90. The van der Waals surface area contributed by atoms with Gasteiger partial charge in [-0.2, -0.15) is 0 Å². The monoisotopic (exact) mass is 691 g/mol. The Hall–Kier alpha value is -5.53. The minimum atomic E-state index is -0.677. The molecule has 4 aromatic heterocycles. The molecule has 1 saturated heterocycles. The highest BCUT2D eigenvalue weighted by Crippen LogP contribution is 2.29. The largest absolute Gasteiger partial charge is 0.379 e. The van der Waals surface area contributed by atoms with Crippen molar-refractivity contribution in [2.75, 3.05) is 26.3 Å². The number of imidazole rings is 1. The summed E-state index contributed by atoms with van der Waals surface area (Å²) in [6.45, 7) is 4.12. The predicted molar refractivity (Wildman–Crippen MR) is 187 cm³/mol. The van der Waals surface area contributed by atoms with Gasteiger partial charge < -0.3 is 14.5 Å². The van der Waals surface area contributed by atoms with E-state index in [2.05, 4.69) is 44.5 Å². The van der Waals surface area contributed by atoms with Crippen LogP contribution in [0.25, 0.3) is 33.5 Å². The van der Waals surface area contributed by atoms with Crippen LogP contribution in [0.5, 0.6) is 0 Å². The Labute approximate surface area is 290 Å². The number of benzene rings is 2. The molecule has 0 unspecified atom stereocenters. The van der Waals surface area contributed by atoms with E-state index in [0.717, 1.165) is 56.2 Å². The Balaban J connectivity index is 1.05. The Kier molecular flexibility index (Phi) is 8.74. The topological polar surface area (TPSA) is 116 Å². The van der Waals surface area contributed by atoms with Gasteiger partial charge in [-0.15, -0.1) is 0 Å². The highest BCUT2D eigenvalue weighted by Gasteiger charge is 2.29. The second-order valence-corrected chi connectivity index (χ2v) is 13.2. The number of amides is 1. The van der Waals surface area contributed by atoms with Gasteiger partial charge in [-0.05, 0) is 72.7 Å². The molecule has 2 fully saturated rings. The summed E-state index contributed by atoms with van der Waals surface area (Å²) in [7, 11) is 0. The molecule has 2 aromatic carbocycles. The van der Waals surface area contributed by atoms with E-state index in [4.69, 9.17) is 4.74 Å². The molecule has 51 heavy (non-hydrogen) atoms. The Morgan fingerprint density at radius 2 is 1.67 bits per heavy atom. The smallest absolute Gasteiger partial charge is 0.337 e. The van der Waals surface area contributed by atoms with Gasteiger partial charge >= 0.3 is 5.69 Å². The number of rotatable bonds is 7. The molecule has 6 aromatic rings. The zero-order valence-corrected chi connectivity index (χ0v) is 27.7. The fourth-order valence-corrected chi connectivity index (χ4v) is 7.19. The molecule has 1 aliphatic heterocycles. The van der Waals surface area contributed by atoms with E-state index in [1.807, 2.05) is 18.2 Å². The van der Waals surface area contributed by atoms with Gasteiger partial charge in [0.1, 0.15) is 23.0 Å². The molecule has 1 aliphatic carbocycles. The molecule has 2 aliphatic rings. The van der Waals surface area contributed by atoms with Gasteiger partial charge in [-0.25, -0.2) is 28.1 Å². The molecule has 0 bridgehead atoms. The third-order valence-corrected chi connectivity index (χ3v) is 9.84. The van der Waals surface area contributed by atoms with Crippen LogP contribution in [0.4, 0.5) is 8.78 Å². The lowest BCUT2D eigenvalue weighted by Gasteiger charge is -2.30. The molecule has 0 spiro atoms. The average Bonchev–Trinajstić information content (AvgIpc) is 3.57. The number of aromatic nitrogens is 5. The minimum Gasteiger partial charge on any atom is -0.379 e. The third kappa shape index (κ3) is 6.57. The molecule has 1 N–H and O–H groups in total. The average molecular weight is 692 g/mol. The van der Waals surface area contributed by atoms with Gasteiger partial charge in [0, 0.05) is 44.1 Å². The summed E-state index contributed by atoms with van der Waals surface area (Å²) in [6, 6.07) is 19.0. The van der Waals surface area contributed by atoms with E-state index in [0.29, 0.717) is 37.0 Å². The standard InChI is InChI=1S/C38H35F2N7O4/c39-27-8-13-34-43-33(23-45(34)22-27)36(48)42-29-9-11-30(12-10-29)47-37(49)32-19-28(40)20-41-35(32)46(38(47)50)31-3-1-2-26(18-31)25-6-4-24(5-7-25)21-44-14-16-51-17-15-44/h1-8,13,18-20,22-23,29-30H,9-12,14-17,21H2,(H,42,48). The molecule has 1 saturated carbocycles. The molecular weight excluding hydrogens is 656 g/mol. The normalized spacial score (nSPS) is 18.3. The van der Waals surface area contributed by atoms with Gasteiger partial charge in [-0.3, -0.25) is 19.1 Å². The van der Waals surface area contributed by atoms with Crippen LogP contribution in [-0.4, -0.2) is 66.7 Å². The van der Waals surface area contributed by atoms with Crippen molar-refractivity contribution < 1.29 is 18.3 Å². The summed E-state index contributed by atoms with van der Waals surface area (Å²) >= 11 is 0. The number of hydrogen-bond donors (Lipinski definition) is 1. The summed E-state index contributed by atoms with van der Waals surface area (Å²) in [4.78, 5) is 52.0. The van der Waals surface area contributed by atoms with E-state index in [-0.39, 0.29) is 28.7 Å². The number of morpholine rings is 1. The van der Waals surface area contributed by atoms with Crippen molar-refractivity contribution in [3.8, 4) is 16.8 Å². The van der Waals surface area contributed by atoms with Crippen molar-refractivity contribution in [3.05, 3.63) is 129 Å². The number of nitrogens with zero attached hydrogens (tertiary/aromatic N) is 6. The maximum atomic E-state index is 14.5. The van der Waals surface area contributed by atoms with E-state index in [1.54, 1.807) is 6.07 Å². The van der Waals surface area contributed by atoms with Crippen LogP contribution in [0, 0.1) is 11.6 Å². The van der Waals surface area contributed by atoms with E-state index >= 15 is 0 Å². The predicted octanol–water partition coefficient (Wildman–Crippen LogP) is 4.89. The van der Waals surface area contributed by atoms with Crippen molar-refractivity contribution in [2.45, 2.75) is 44.3 Å². The number of hydrogen-bond acceptors (Lipinski definition) is 7. The molecule has 11 nitrogen and oxygen atoms in total. The van der Waals surface area contributed by atoms with Gasteiger partial charge in [0.15, 0.2) is 5.65 Å². The van der Waals surface area contributed by atoms with Crippen LogP contribution in [0.3, 0.4) is 0 Å². The first-order valence-electron chi connectivity index (χ1n) is 17.1. The van der Waals surface area contributed by atoms with Crippen LogP contribution in [0.2, 0.25) is 0 Å². The lowest BCUT2D eigenvalue weighted by Crippen LogP contribution is -2.45. The number of halogens is 2. The summed E-state index contributed by atoms with van der Waals surface area (Å²) in [5, 5.41) is 2.99. The zero-order valence-electron chi connectivity index (χ0n) is 27.7. The highest BCUT2D eigenvalue weighted by molar-refractivity contribution is 5.93. The fourth-order valence-electron chi connectivity index (χ4n) is 7.19. The summed E-state index contributed by atoms with van der Waals surface area (Å²) < 4.78 is 37.6. The molecule has 0 radical (unpaired) electrons. The summed E-state index contributed by atoms with van der Waals surface area (Å²) in [5.74, 6) is -1.51. The molecule has 8 rings (SSSR count). The Morgan fingerprint density at radius 3 is 2.45 bits per heavy atom. The third-order valence-electron chi connectivity index (χ3n) is 9.84. The van der Waals surface area contributed by atoms with Gasteiger partial charge in [0.2, 0.25) is 0 Å². The SMILES string of the molecule is O=C(NC1CCC(n2c(=O)c3cc(F)cnc3n(-c3cccc(-c4ccc(CN5CCOCC5)cc4)c3)c2=O)CC1)c1cn2cc(F)ccc2n1. The zero-order chi connectivity index (χ0) is 35.1. The van der Waals surface area contributed by atoms with Crippen molar-refractivity contribution in [1.82, 2.24) is 33.7 Å². The molecule has 5 heterocycles. The molecule has 13 heteroatoms. The van der Waals surface area contributed by atoms with Crippen molar-refractivity contribution in [1.29, 1.82) is 0 Å². The van der Waals surface area contributed by atoms with Crippen LogP contribution in [0.1, 0.15) is 47.8 Å². The maximum absolute atomic E-state index is 14.5. The number of nitrogens with one attached hydrogen (secondary N) is 1. The summed E-state index contributed by atoms with van der Waals surface area (Å²) in [5.41, 5.74) is 3.06. The van der Waals surface area contributed by atoms with Crippen molar-refractivity contribution >= 4 is 22.6 Å². The number of pyridine rings is 2. The molecule has 0 atom stereocenters. The van der Waals surface area contributed by atoms with Crippen molar-refractivity contribution in [2.24, 2.45) is 0 Å². The van der Waals surface area contributed by atoms with Crippen LogP contribution in [0.15, 0.2) is 94.9 Å². The van der Waals surface area contributed by atoms with Crippen molar-refractivity contribution in [3.63, 3.8) is 0 Å². The highest BCUT2D eigenvalue weighted by atomic mass is 19.1. The van der Waals surface area contributed by atoms with E-state index in [1.165, 1.54) is 43.6 Å². The van der Waals surface area contributed by atoms with Crippen LogP contribution in [-0.2, 0) is 11.3 Å². The first kappa shape index (κ1) is 32.7. The van der Waals surface area contributed by atoms with Crippen LogP contribution >= 0.6 is 0 Å². The van der Waals surface area contributed by atoms with E-state index < -0.39 is 28.9 Å². The van der Waals surface area contributed by atoms with Crippen LogP contribution < -0.4 is 16.6 Å². The maximum Gasteiger partial charge on any atom is 0.337 e. The first-order chi connectivity index (χ1) is 24.8. The second-order valence-electron chi connectivity index (χ2n) is 13.2. The Morgan fingerprint density at radius 1 is 0.882 bits per heavy atom. The number of fused-ring (bicyclic) bond motifs is 2. The number of carbonyl (C=O) groups is 1. The quantitative estimate of drug-likeness (QED) is 0.254. The Bertz CT molecular complexity index is 2370. The summed E-state index contributed by atoms with van der Waals surface area (Å²) in [6.07, 6.45) is 5.60. The van der Waals surface area contributed by atoms with Gasteiger partial charge in [0.05, 0.1) is 30.5 Å². The van der Waals surface area contributed by atoms with E-state index in [9.17, 15) is 23.2 Å². The lowest BCUT2D eigenvalue weighted by molar-refractivity contribution is 0.0342. The number of ether oxygens (including phenoxy) is 1. The molecule has 260 valence electrons. The second kappa shape index (κ2) is 13.6.